The van der Waals surface area contributed by atoms with Gasteiger partial charge in [-0.1, -0.05) is 12.1 Å². The Hall–Kier alpha value is -2.81. The topological polar surface area (TPSA) is 110 Å². The maximum Gasteiger partial charge on any atom is 0.341 e. The third-order valence-corrected chi connectivity index (χ3v) is 3.91. The molecule has 0 saturated carbocycles. The highest BCUT2D eigenvalue weighted by molar-refractivity contribution is 8.18. The van der Waals surface area contributed by atoms with Crippen molar-refractivity contribution in [2.45, 2.75) is 6.92 Å². The highest BCUT2D eigenvalue weighted by Gasteiger charge is 2.36. The Morgan fingerprint density at radius 1 is 1.24 bits per heavy atom. The number of nitrogens with zero attached hydrogens (tertiary/aromatic N) is 1. The van der Waals surface area contributed by atoms with Crippen LogP contribution in [0, 0.1) is 0 Å². The third kappa shape index (κ3) is 5.08. The zero-order chi connectivity index (χ0) is 18.4. The number of hydrogen-bond donors (Lipinski definition) is 1. The number of carboxylic acid groups (broad SMARTS) is 1. The van der Waals surface area contributed by atoms with Crippen molar-refractivity contribution in [2.24, 2.45) is 0 Å². The van der Waals surface area contributed by atoms with Gasteiger partial charge in [0.1, 0.15) is 12.3 Å². The number of ether oxygens (including phenoxy) is 2. The zero-order valence-corrected chi connectivity index (χ0v) is 14.1. The first kappa shape index (κ1) is 18.5. The second kappa shape index (κ2) is 8.34. The fraction of sp³-hybridized carbons (Fsp3) is 0.250. The van der Waals surface area contributed by atoms with E-state index in [2.05, 4.69) is 0 Å². The predicted octanol–water partition coefficient (Wildman–Crippen LogP) is 1.75. The van der Waals surface area contributed by atoms with Crippen molar-refractivity contribution in [3.05, 3.63) is 34.7 Å². The second-order valence-corrected chi connectivity index (χ2v) is 5.82. The fourth-order valence-electron chi connectivity index (χ4n) is 1.93. The first-order chi connectivity index (χ1) is 11.9. The molecule has 1 aromatic rings. The summed E-state index contributed by atoms with van der Waals surface area (Å²) in [5.74, 6) is -1.92. The molecule has 1 aliphatic rings. The Balaban J connectivity index is 2.05. The van der Waals surface area contributed by atoms with E-state index in [1.807, 2.05) is 0 Å². The molecule has 0 radical (unpaired) electrons. The molecule has 0 atom stereocenters. The van der Waals surface area contributed by atoms with Crippen LogP contribution in [0.2, 0.25) is 0 Å². The Bertz CT molecular complexity index is 727. The Kier molecular flexibility index (Phi) is 6.18. The standard InChI is InChI=1S/C16H15NO7S/c1-2-23-14(20)8-17-15(21)12(25-16(17)22)7-10-3-5-11(6-4-10)24-9-13(18)19/h3-7H,2,8-9H2,1H3,(H,18,19)/b12-7-. The van der Waals surface area contributed by atoms with Crippen LogP contribution in [0.5, 0.6) is 5.75 Å². The van der Waals surface area contributed by atoms with E-state index < -0.39 is 36.2 Å². The van der Waals surface area contributed by atoms with Gasteiger partial charge in [-0.2, -0.15) is 0 Å². The van der Waals surface area contributed by atoms with Crippen LogP contribution in [0.25, 0.3) is 6.08 Å². The fourth-order valence-corrected chi connectivity index (χ4v) is 2.77. The summed E-state index contributed by atoms with van der Waals surface area (Å²) >= 11 is 0.737. The van der Waals surface area contributed by atoms with Crippen LogP contribution in [0.1, 0.15) is 12.5 Å². The van der Waals surface area contributed by atoms with Gasteiger partial charge in [0.15, 0.2) is 6.61 Å². The number of thioether (sulfide) groups is 1. The first-order valence-electron chi connectivity index (χ1n) is 7.26. The van der Waals surface area contributed by atoms with Crippen LogP contribution < -0.4 is 4.74 Å². The summed E-state index contributed by atoms with van der Waals surface area (Å²) in [7, 11) is 0. The number of carbonyl (C=O) groups excluding carboxylic acids is 3. The molecular formula is C16H15NO7S. The quantitative estimate of drug-likeness (QED) is 0.575. The van der Waals surface area contributed by atoms with Gasteiger partial charge in [0.05, 0.1) is 11.5 Å². The summed E-state index contributed by atoms with van der Waals surface area (Å²) in [6.45, 7) is 0.931. The summed E-state index contributed by atoms with van der Waals surface area (Å²) in [5, 5.41) is 8.01. The molecule has 0 aliphatic carbocycles. The predicted molar refractivity (Wildman–Crippen MR) is 88.9 cm³/mol. The largest absolute Gasteiger partial charge is 0.482 e. The molecule has 2 rings (SSSR count). The molecule has 1 saturated heterocycles. The molecule has 0 bridgehead atoms. The minimum atomic E-state index is -1.08. The summed E-state index contributed by atoms with van der Waals surface area (Å²) in [5.41, 5.74) is 0.629. The Morgan fingerprint density at radius 3 is 2.52 bits per heavy atom. The van der Waals surface area contributed by atoms with Gasteiger partial charge in [0, 0.05) is 0 Å². The lowest BCUT2D eigenvalue weighted by atomic mass is 10.2. The van der Waals surface area contributed by atoms with Gasteiger partial charge in [0.25, 0.3) is 11.1 Å². The third-order valence-electron chi connectivity index (χ3n) is 3.01. The van der Waals surface area contributed by atoms with Crippen LogP contribution in [0.4, 0.5) is 4.79 Å². The SMILES string of the molecule is CCOC(=O)CN1C(=O)S/C(=C\c2ccc(OCC(=O)O)cc2)C1=O. The van der Waals surface area contributed by atoms with Crippen LogP contribution in [-0.4, -0.2) is 52.8 Å². The maximum absolute atomic E-state index is 12.2. The molecule has 2 amide bonds. The van der Waals surface area contributed by atoms with Crippen molar-refractivity contribution in [3.63, 3.8) is 0 Å². The zero-order valence-electron chi connectivity index (χ0n) is 13.3. The van der Waals surface area contributed by atoms with Crippen molar-refractivity contribution in [1.29, 1.82) is 0 Å². The van der Waals surface area contributed by atoms with Gasteiger partial charge in [-0.25, -0.2) is 4.79 Å². The number of carbonyl (C=O) groups is 4. The number of imide groups is 1. The highest BCUT2D eigenvalue weighted by Crippen LogP contribution is 2.32. The van der Waals surface area contributed by atoms with Crippen LogP contribution in [-0.2, 0) is 19.1 Å². The molecule has 1 N–H and O–H groups in total. The molecule has 1 aliphatic heterocycles. The minimum absolute atomic E-state index is 0.168. The molecule has 132 valence electrons. The summed E-state index contributed by atoms with van der Waals surface area (Å²) in [6.07, 6.45) is 1.51. The lowest BCUT2D eigenvalue weighted by molar-refractivity contribution is -0.146. The van der Waals surface area contributed by atoms with E-state index in [4.69, 9.17) is 14.6 Å². The monoisotopic (exact) mass is 365 g/mol. The molecule has 1 heterocycles. The first-order valence-corrected chi connectivity index (χ1v) is 8.08. The number of carboxylic acids is 1. The summed E-state index contributed by atoms with van der Waals surface area (Å²) in [4.78, 5) is 47.0. The average Bonchev–Trinajstić information content (AvgIpc) is 2.82. The second-order valence-electron chi connectivity index (χ2n) is 4.82. The smallest absolute Gasteiger partial charge is 0.341 e. The van der Waals surface area contributed by atoms with E-state index in [9.17, 15) is 19.2 Å². The van der Waals surface area contributed by atoms with E-state index in [0.717, 1.165) is 16.7 Å². The Morgan fingerprint density at radius 2 is 1.92 bits per heavy atom. The number of benzene rings is 1. The van der Waals surface area contributed by atoms with Gasteiger partial charge < -0.3 is 14.6 Å². The number of aliphatic carboxylic acids is 1. The van der Waals surface area contributed by atoms with E-state index in [1.54, 1.807) is 31.2 Å². The molecule has 0 spiro atoms. The van der Waals surface area contributed by atoms with Gasteiger partial charge in [-0.3, -0.25) is 19.3 Å². The van der Waals surface area contributed by atoms with Crippen molar-refractivity contribution < 1.29 is 33.8 Å². The van der Waals surface area contributed by atoms with E-state index in [0.29, 0.717) is 11.3 Å². The summed E-state index contributed by atoms with van der Waals surface area (Å²) in [6, 6.07) is 6.35. The van der Waals surface area contributed by atoms with Gasteiger partial charge in [-0.15, -0.1) is 0 Å². The number of rotatable bonds is 7. The van der Waals surface area contributed by atoms with Crippen molar-refractivity contribution >= 4 is 40.9 Å². The van der Waals surface area contributed by atoms with Gasteiger partial charge in [-0.05, 0) is 42.5 Å². The molecular weight excluding hydrogens is 350 g/mol. The van der Waals surface area contributed by atoms with Crippen LogP contribution in [0.15, 0.2) is 29.2 Å². The highest BCUT2D eigenvalue weighted by atomic mass is 32.2. The minimum Gasteiger partial charge on any atom is -0.482 e. The molecule has 1 aromatic carbocycles. The van der Waals surface area contributed by atoms with Crippen molar-refractivity contribution in [2.75, 3.05) is 19.8 Å². The lowest BCUT2D eigenvalue weighted by Gasteiger charge is -2.10. The molecule has 1 fully saturated rings. The molecule has 0 aromatic heterocycles. The molecule has 0 unspecified atom stereocenters. The number of hydrogen-bond acceptors (Lipinski definition) is 7. The van der Waals surface area contributed by atoms with Crippen LogP contribution in [0.3, 0.4) is 0 Å². The molecule has 8 nitrogen and oxygen atoms in total. The number of esters is 1. The van der Waals surface area contributed by atoms with Crippen molar-refractivity contribution in [3.8, 4) is 5.75 Å². The molecule has 25 heavy (non-hydrogen) atoms. The van der Waals surface area contributed by atoms with Gasteiger partial charge in [0.2, 0.25) is 0 Å². The molecule has 9 heteroatoms. The van der Waals surface area contributed by atoms with E-state index >= 15 is 0 Å². The van der Waals surface area contributed by atoms with Crippen LogP contribution >= 0.6 is 11.8 Å². The van der Waals surface area contributed by atoms with Crippen molar-refractivity contribution in [1.82, 2.24) is 4.90 Å². The Labute approximate surface area is 147 Å². The average molecular weight is 365 g/mol. The normalized spacial score (nSPS) is 15.6. The summed E-state index contributed by atoms with van der Waals surface area (Å²) < 4.78 is 9.75. The maximum atomic E-state index is 12.2. The van der Waals surface area contributed by atoms with E-state index in [-0.39, 0.29) is 11.5 Å². The number of amides is 2. The van der Waals surface area contributed by atoms with Gasteiger partial charge >= 0.3 is 11.9 Å². The lowest BCUT2D eigenvalue weighted by Crippen LogP contribution is -2.34. The van der Waals surface area contributed by atoms with E-state index in [1.165, 1.54) is 6.08 Å².